The molecule has 0 aromatic carbocycles. The van der Waals surface area contributed by atoms with Crippen LogP contribution in [0.5, 0.6) is 0 Å². The lowest BCUT2D eigenvalue weighted by atomic mass is 9.76. The van der Waals surface area contributed by atoms with Gasteiger partial charge in [0.25, 0.3) is 0 Å². The zero-order chi connectivity index (χ0) is 25.4. The first kappa shape index (κ1) is 24.2. The van der Waals surface area contributed by atoms with Gasteiger partial charge in [-0.1, -0.05) is 6.92 Å². The van der Waals surface area contributed by atoms with Gasteiger partial charge in [0.15, 0.2) is 5.82 Å². The van der Waals surface area contributed by atoms with Crippen molar-refractivity contribution in [3.8, 4) is 5.82 Å². The van der Waals surface area contributed by atoms with E-state index in [1.165, 1.54) is 11.0 Å². The maximum atomic E-state index is 13.7. The highest BCUT2D eigenvalue weighted by Gasteiger charge is 2.50. The van der Waals surface area contributed by atoms with Crippen molar-refractivity contribution in [3.05, 3.63) is 34.9 Å². The monoisotopic (exact) mass is 494 g/mol. The Bertz CT molecular complexity index is 1240. The van der Waals surface area contributed by atoms with Gasteiger partial charge < -0.3 is 14.7 Å². The molecular formula is C24H30N8O4. The van der Waals surface area contributed by atoms with E-state index in [0.29, 0.717) is 48.1 Å². The van der Waals surface area contributed by atoms with Crippen LogP contribution < -0.4 is 0 Å². The number of cyclic esters (lactones) is 1. The summed E-state index contributed by atoms with van der Waals surface area (Å²) >= 11 is 0. The molecule has 3 atom stereocenters. The first-order valence-electron chi connectivity index (χ1n) is 12.2. The molecule has 2 fully saturated rings. The van der Waals surface area contributed by atoms with Crippen molar-refractivity contribution in [1.82, 2.24) is 35.3 Å². The fraction of sp³-hybridized carbons (Fsp3) is 0.583. The van der Waals surface area contributed by atoms with Crippen molar-refractivity contribution in [1.29, 1.82) is 0 Å². The van der Waals surface area contributed by atoms with Gasteiger partial charge in [0.05, 0.1) is 28.9 Å². The Morgan fingerprint density at radius 2 is 2.14 bits per heavy atom. The normalized spacial score (nSPS) is 26.7. The minimum atomic E-state index is -0.923. The molecule has 3 aliphatic rings. The predicted octanol–water partition coefficient (Wildman–Crippen LogP) is 1.49. The lowest BCUT2D eigenvalue weighted by Gasteiger charge is -2.28. The largest absolute Gasteiger partial charge is 0.456 e. The summed E-state index contributed by atoms with van der Waals surface area (Å²) in [6.07, 6.45) is 4.29. The van der Waals surface area contributed by atoms with Crippen LogP contribution in [-0.2, 0) is 14.3 Å². The Morgan fingerprint density at radius 3 is 2.83 bits per heavy atom. The molecule has 2 aromatic heterocycles. The number of nitrogens with zero attached hydrogens (tertiary/aromatic N) is 8. The number of carbonyl (C=O) groups is 2. The lowest BCUT2D eigenvalue weighted by molar-refractivity contribution is -0.137. The average Bonchev–Trinajstić information content (AvgIpc) is 3.54. The third-order valence-corrected chi connectivity index (χ3v) is 7.50. The number of aromatic nitrogens is 6. The molecule has 0 bridgehead atoms. The van der Waals surface area contributed by atoms with Crippen LogP contribution in [0.1, 0.15) is 63.3 Å². The van der Waals surface area contributed by atoms with Gasteiger partial charge in [-0.05, 0) is 73.9 Å². The second-order valence-corrected chi connectivity index (χ2v) is 10.1. The van der Waals surface area contributed by atoms with Crippen molar-refractivity contribution >= 4 is 17.6 Å². The summed E-state index contributed by atoms with van der Waals surface area (Å²) < 4.78 is 6.56. The van der Waals surface area contributed by atoms with Gasteiger partial charge in [-0.2, -0.15) is 9.78 Å². The smallest absolute Gasteiger partial charge is 0.336 e. The topological polar surface area (TPSA) is 149 Å². The molecule has 2 unspecified atom stereocenters. The van der Waals surface area contributed by atoms with E-state index in [-0.39, 0.29) is 25.0 Å². The summed E-state index contributed by atoms with van der Waals surface area (Å²) in [5, 5.41) is 30.1. The Hall–Kier alpha value is -3.54. The number of tetrazole rings is 1. The van der Waals surface area contributed by atoms with E-state index in [0.717, 1.165) is 30.5 Å². The van der Waals surface area contributed by atoms with Crippen LogP contribution in [0, 0.1) is 18.3 Å². The van der Waals surface area contributed by atoms with Gasteiger partial charge >= 0.3 is 5.97 Å². The summed E-state index contributed by atoms with van der Waals surface area (Å²) in [6.45, 7) is 6.61. The number of esters is 1. The molecule has 5 rings (SSSR count). The van der Waals surface area contributed by atoms with Crippen LogP contribution in [0.15, 0.2) is 28.7 Å². The molecule has 1 saturated heterocycles. The van der Waals surface area contributed by atoms with Crippen molar-refractivity contribution in [2.75, 3.05) is 19.7 Å². The van der Waals surface area contributed by atoms with Gasteiger partial charge in [0, 0.05) is 12.3 Å². The number of amides is 1. The fourth-order valence-electron chi connectivity index (χ4n) is 5.50. The van der Waals surface area contributed by atoms with E-state index in [9.17, 15) is 14.7 Å². The third-order valence-electron chi connectivity index (χ3n) is 7.50. The van der Waals surface area contributed by atoms with Crippen LogP contribution in [0.4, 0.5) is 0 Å². The molecule has 36 heavy (non-hydrogen) atoms. The van der Waals surface area contributed by atoms with E-state index < -0.39 is 11.5 Å². The van der Waals surface area contributed by atoms with Crippen LogP contribution >= 0.6 is 0 Å². The van der Waals surface area contributed by atoms with Crippen molar-refractivity contribution in [2.45, 2.75) is 59.0 Å². The van der Waals surface area contributed by atoms with Gasteiger partial charge in [-0.3, -0.25) is 9.79 Å². The summed E-state index contributed by atoms with van der Waals surface area (Å²) in [5.41, 5.74) is 2.79. The number of carbonyl (C=O) groups excluding carboxylic acids is 2. The number of aryl methyl sites for hydroxylation is 1. The average molecular weight is 495 g/mol. The van der Waals surface area contributed by atoms with Gasteiger partial charge in [0.1, 0.15) is 19.0 Å². The quantitative estimate of drug-likeness (QED) is 0.610. The second-order valence-electron chi connectivity index (χ2n) is 10.1. The number of ether oxygens (including phenoxy) is 1. The number of rotatable bonds is 5. The molecule has 1 saturated carbocycles. The van der Waals surface area contributed by atoms with Crippen LogP contribution in [0.3, 0.4) is 0 Å². The second kappa shape index (κ2) is 9.49. The van der Waals surface area contributed by atoms with Crippen LogP contribution in [-0.4, -0.2) is 77.7 Å². The van der Waals surface area contributed by atoms with Gasteiger partial charge in [-0.25, -0.2) is 4.79 Å². The maximum Gasteiger partial charge on any atom is 0.336 e. The van der Waals surface area contributed by atoms with Crippen LogP contribution in [0.2, 0.25) is 0 Å². The Labute approximate surface area is 208 Å². The van der Waals surface area contributed by atoms with Crippen molar-refractivity contribution < 1.29 is 19.4 Å². The zero-order valence-corrected chi connectivity index (χ0v) is 20.7. The highest BCUT2D eigenvalue weighted by molar-refractivity contribution is 5.97. The highest BCUT2D eigenvalue weighted by Crippen LogP contribution is 2.46. The first-order valence-corrected chi connectivity index (χ1v) is 12.2. The molecule has 0 radical (unpaired) electrons. The Kier molecular flexibility index (Phi) is 6.37. The molecule has 12 heteroatoms. The van der Waals surface area contributed by atoms with Gasteiger partial charge in [-0.15, -0.1) is 10.2 Å². The van der Waals surface area contributed by atoms with Crippen molar-refractivity contribution in [2.24, 2.45) is 16.3 Å². The highest BCUT2D eigenvalue weighted by atomic mass is 16.5. The van der Waals surface area contributed by atoms with E-state index >= 15 is 0 Å². The van der Waals surface area contributed by atoms with Crippen LogP contribution in [0.25, 0.3) is 5.82 Å². The fourth-order valence-corrected chi connectivity index (χ4v) is 5.50. The van der Waals surface area contributed by atoms with E-state index in [1.54, 1.807) is 17.9 Å². The van der Waals surface area contributed by atoms with E-state index in [4.69, 9.17) is 9.73 Å². The molecule has 190 valence electrons. The molecule has 1 aliphatic carbocycles. The number of hydrogen-bond acceptors (Lipinski definition) is 10. The lowest BCUT2D eigenvalue weighted by Crippen LogP contribution is -2.36. The summed E-state index contributed by atoms with van der Waals surface area (Å²) in [5.74, 6) is 0.562. The number of likely N-dealkylation sites (tertiary alicyclic amines) is 1. The number of aliphatic hydroxyl groups excluding tert-OH is 1. The molecule has 4 heterocycles. The molecule has 1 spiro atoms. The molecular weight excluding hydrogens is 464 g/mol. The number of hydrogen-bond donors (Lipinski definition) is 1. The first-order chi connectivity index (χ1) is 17.3. The Balaban J connectivity index is 1.32. The van der Waals surface area contributed by atoms with E-state index in [2.05, 4.69) is 32.6 Å². The van der Waals surface area contributed by atoms with Gasteiger partial charge in [0.2, 0.25) is 5.91 Å². The summed E-state index contributed by atoms with van der Waals surface area (Å²) in [4.78, 5) is 32.0. The minimum Gasteiger partial charge on any atom is -0.456 e. The number of aliphatic imine (C=N–C) groups is 1. The summed E-state index contributed by atoms with van der Waals surface area (Å²) in [6, 6.07) is 1.75. The van der Waals surface area contributed by atoms with E-state index in [1.807, 2.05) is 6.92 Å². The Morgan fingerprint density at radius 1 is 1.31 bits per heavy atom. The molecule has 1 amide bonds. The standard InChI is InChI=1S/C24H30N8O4/c1-14-4-5-17(10-24(9-14)6-7-31(23(24)35)19-12-36-22(34)16(19)3)25-11-20(33)18-8-15(2)21(28-27-18)32-13-26-29-30-32/h8,13-14,20,33H,4-7,9-12H2,1-3H3/b25-17+/t14?,20-,24?/m0/s1. The van der Waals surface area contributed by atoms with Crippen molar-refractivity contribution in [3.63, 3.8) is 0 Å². The molecule has 12 nitrogen and oxygen atoms in total. The number of aliphatic hydroxyl groups is 1. The third kappa shape index (κ3) is 4.41. The summed E-state index contributed by atoms with van der Waals surface area (Å²) in [7, 11) is 0. The zero-order valence-electron chi connectivity index (χ0n) is 20.7. The SMILES string of the molecule is CC1=C(N2CCC3(C/C(=N/C[C@H](O)c4cc(C)c(-n5cnnn5)nn4)CCC(C)C3)C2=O)COC1=O. The molecule has 2 aromatic rings. The maximum absolute atomic E-state index is 13.7. The molecule has 2 aliphatic heterocycles. The molecule has 1 N–H and O–H groups in total. The predicted molar refractivity (Wildman–Crippen MR) is 127 cm³/mol. The minimum absolute atomic E-state index is 0.0526.